The van der Waals surface area contributed by atoms with Gasteiger partial charge in [0.05, 0.1) is 5.69 Å². The predicted octanol–water partition coefficient (Wildman–Crippen LogP) is 1.03. The minimum absolute atomic E-state index is 0.160. The third-order valence-electron chi connectivity index (χ3n) is 1.57. The summed E-state index contributed by atoms with van der Waals surface area (Å²) in [7, 11) is 0. The lowest BCUT2D eigenvalue weighted by Crippen LogP contribution is -2.10. The van der Waals surface area contributed by atoms with Crippen molar-refractivity contribution in [2.75, 3.05) is 0 Å². The molecule has 0 aliphatic carbocycles. The van der Waals surface area contributed by atoms with Gasteiger partial charge in [-0.2, -0.15) is 0 Å². The average Bonchev–Trinajstić information content (AvgIpc) is 2.53. The number of Topliss-reactive ketones (excluding diaryl/α,β-unsaturated/α-hetero) is 1. The highest BCUT2D eigenvalue weighted by molar-refractivity contribution is 5.83. The number of carbonyl (C=O) groups is 1. The van der Waals surface area contributed by atoms with Crippen LogP contribution in [0.4, 0.5) is 0 Å². The van der Waals surface area contributed by atoms with E-state index in [0.29, 0.717) is 12.1 Å². The summed E-state index contributed by atoms with van der Waals surface area (Å²) < 4.78 is 0. The van der Waals surface area contributed by atoms with Crippen LogP contribution in [0.15, 0.2) is 18.3 Å². The first-order valence-electron chi connectivity index (χ1n) is 3.59. The van der Waals surface area contributed by atoms with Gasteiger partial charge in [-0.05, 0) is 12.1 Å². The van der Waals surface area contributed by atoms with E-state index in [1.807, 2.05) is 0 Å². The lowest BCUT2D eigenvalue weighted by atomic mass is 10.1. The molecular weight excluding hydrogens is 142 g/mol. The fourth-order valence-electron chi connectivity index (χ4n) is 0.881. The minimum Gasteiger partial charge on any atom is -0.379 e. The smallest absolute Gasteiger partial charge is 0.167 e. The third kappa shape index (κ3) is 1.68. The molecule has 11 heavy (non-hydrogen) atoms. The fourth-order valence-corrected chi connectivity index (χ4v) is 0.881. The number of aromatic nitrogens is 1. The topological polar surface area (TPSA) is 53.1 Å². The van der Waals surface area contributed by atoms with Crippen LogP contribution in [-0.4, -0.2) is 15.9 Å². The van der Waals surface area contributed by atoms with Crippen LogP contribution in [0.2, 0.25) is 0 Å². The van der Waals surface area contributed by atoms with Crippen LogP contribution in [0.3, 0.4) is 0 Å². The quantitative estimate of drug-likeness (QED) is 0.681. The van der Waals surface area contributed by atoms with Gasteiger partial charge in [0.25, 0.3) is 0 Å². The highest BCUT2D eigenvalue weighted by atomic mass is 16.3. The number of carbonyl (C=O) groups excluding carboxylic acids is 1. The molecule has 3 nitrogen and oxygen atoms in total. The largest absolute Gasteiger partial charge is 0.379 e. The summed E-state index contributed by atoms with van der Waals surface area (Å²) >= 11 is 0. The molecule has 0 amide bonds. The highest BCUT2D eigenvalue weighted by Gasteiger charge is 2.14. The maximum Gasteiger partial charge on any atom is 0.167 e. The molecule has 0 aromatic carbocycles. The van der Waals surface area contributed by atoms with Gasteiger partial charge >= 0.3 is 0 Å². The number of H-pyrrole nitrogens is 1. The Kier molecular flexibility index (Phi) is 2.44. The number of aliphatic hydroxyl groups excluding tert-OH is 1. The van der Waals surface area contributed by atoms with Crippen LogP contribution >= 0.6 is 0 Å². The molecule has 1 aromatic heterocycles. The van der Waals surface area contributed by atoms with Crippen molar-refractivity contribution in [1.29, 1.82) is 0 Å². The van der Waals surface area contributed by atoms with Gasteiger partial charge in [0, 0.05) is 12.6 Å². The van der Waals surface area contributed by atoms with Crippen LogP contribution in [0, 0.1) is 0 Å². The summed E-state index contributed by atoms with van der Waals surface area (Å²) in [6.45, 7) is 1.73. The van der Waals surface area contributed by atoms with Gasteiger partial charge in [-0.3, -0.25) is 4.79 Å². The van der Waals surface area contributed by atoms with Crippen molar-refractivity contribution in [1.82, 2.24) is 4.98 Å². The Morgan fingerprint density at radius 2 is 2.55 bits per heavy atom. The van der Waals surface area contributed by atoms with Crippen LogP contribution < -0.4 is 0 Å². The lowest BCUT2D eigenvalue weighted by molar-refractivity contribution is -0.127. The Morgan fingerprint density at radius 3 is 3.00 bits per heavy atom. The number of aliphatic hydroxyl groups is 1. The fraction of sp³-hybridized carbons (Fsp3) is 0.375. The number of nitrogens with one attached hydrogen (secondary N) is 1. The SMILES string of the molecule is CCC(=O)C(O)c1ccc[nH]1. The van der Waals surface area contributed by atoms with E-state index in [1.165, 1.54) is 0 Å². The molecule has 0 bridgehead atoms. The van der Waals surface area contributed by atoms with E-state index < -0.39 is 6.10 Å². The van der Waals surface area contributed by atoms with Gasteiger partial charge in [0.15, 0.2) is 11.9 Å². The second kappa shape index (κ2) is 3.34. The predicted molar refractivity (Wildman–Crippen MR) is 41.1 cm³/mol. The molecule has 0 aliphatic heterocycles. The van der Waals surface area contributed by atoms with Gasteiger partial charge in [-0.1, -0.05) is 6.92 Å². The highest BCUT2D eigenvalue weighted by Crippen LogP contribution is 2.11. The van der Waals surface area contributed by atoms with Crippen molar-refractivity contribution in [2.24, 2.45) is 0 Å². The van der Waals surface area contributed by atoms with Gasteiger partial charge in [0.2, 0.25) is 0 Å². The molecule has 1 heterocycles. The molecule has 0 spiro atoms. The third-order valence-corrected chi connectivity index (χ3v) is 1.57. The van der Waals surface area contributed by atoms with Gasteiger partial charge in [-0.15, -0.1) is 0 Å². The maximum absolute atomic E-state index is 10.9. The zero-order valence-electron chi connectivity index (χ0n) is 6.37. The number of ketones is 1. The van der Waals surface area contributed by atoms with Crippen LogP contribution in [-0.2, 0) is 4.79 Å². The van der Waals surface area contributed by atoms with E-state index >= 15 is 0 Å². The Balaban J connectivity index is 2.70. The molecule has 1 atom stereocenters. The number of rotatable bonds is 3. The first-order valence-corrected chi connectivity index (χ1v) is 3.59. The molecule has 3 heteroatoms. The molecule has 0 saturated heterocycles. The van der Waals surface area contributed by atoms with Crippen molar-refractivity contribution in [2.45, 2.75) is 19.4 Å². The molecule has 2 N–H and O–H groups in total. The molecule has 1 rings (SSSR count). The molecule has 1 aromatic rings. The minimum atomic E-state index is -0.977. The molecule has 0 fully saturated rings. The second-order valence-corrected chi connectivity index (χ2v) is 2.35. The lowest BCUT2D eigenvalue weighted by Gasteiger charge is -2.04. The number of aromatic amines is 1. The summed E-state index contributed by atoms with van der Waals surface area (Å²) in [5.74, 6) is -0.160. The molecular formula is C8H11NO2. The summed E-state index contributed by atoms with van der Waals surface area (Å²) in [4.78, 5) is 13.7. The van der Waals surface area contributed by atoms with E-state index in [9.17, 15) is 9.90 Å². The molecule has 1 unspecified atom stereocenters. The number of hydrogen-bond donors (Lipinski definition) is 2. The first kappa shape index (κ1) is 8.01. The zero-order chi connectivity index (χ0) is 8.27. The maximum atomic E-state index is 10.9. The Bertz CT molecular complexity index is 228. The average molecular weight is 153 g/mol. The van der Waals surface area contributed by atoms with Crippen LogP contribution in [0.1, 0.15) is 25.1 Å². The first-order chi connectivity index (χ1) is 5.25. The van der Waals surface area contributed by atoms with E-state index in [4.69, 9.17) is 0 Å². The molecule has 0 aliphatic rings. The summed E-state index contributed by atoms with van der Waals surface area (Å²) in [5.41, 5.74) is 0.567. The van der Waals surface area contributed by atoms with Crippen molar-refractivity contribution in [3.63, 3.8) is 0 Å². The Labute approximate surface area is 65.1 Å². The van der Waals surface area contributed by atoms with Crippen molar-refractivity contribution in [3.8, 4) is 0 Å². The standard InChI is InChI=1S/C8H11NO2/c1-2-7(10)8(11)6-4-3-5-9-6/h3-5,8-9,11H,2H2,1H3. The summed E-state index contributed by atoms with van der Waals surface area (Å²) in [5, 5.41) is 9.30. The molecule has 60 valence electrons. The van der Waals surface area contributed by atoms with Crippen molar-refractivity contribution < 1.29 is 9.90 Å². The van der Waals surface area contributed by atoms with Crippen molar-refractivity contribution >= 4 is 5.78 Å². The Hall–Kier alpha value is -1.09. The monoisotopic (exact) mass is 153 g/mol. The van der Waals surface area contributed by atoms with Gasteiger partial charge in [0.1, 0.15) is 0 Å². The van der Waals surface area contributed by atoms with Crippen molar-refractivity contribution in [3.05, 3.63) is 24.0 Å². The zero-order valence-corrected chi connectivity index (χ0v) is 6.37. The van der Waals surface area contributed by atoms with E-state index in [0.717, 1.165) is 0 Å². The summed E-state index contributed by atoms with van der Waals surface area (Å²) in [6, 6.07) is 3.44. The van der Waals surface area contributed by atoms with Crippen LogP contribution in [0.25, 0.3) is 0 Å². The van der Waals surface area contributed by atoms with E-state index in [1.54, 1.807) is 25.3 Å². The molecule has 0 saturated carbocycles. The van der Waals surface area contributed by atoms with Gasteiger partial charge in [-0.25, -0.2) is 0 Å². The Morgan fingerprint density at radius 1 is 1.82 bits per heavy atom. The molecule has 0 radical (unpaired) electrons. The van der Waals surface area contributed by atoms with E-state index in [-0.39, 0.29) is 5.78 Å². The second-order valence-electron chi connectivity index (χ2n) is 2.35. The number of hydrogen-bond acceptors (Lipinski definition) is 2. The normalized spacial score (nSPS) is 12.9. The van der Waals surface area contributed by atoms with E-state index in [2.05, 4.69) is 4.98 Å². The van der Waals surface area contributed by atoms with Crippen LogP contribution in [0.5, 0.6) is 0 Å². The van der Waals surface area contributed by atoms with Gasteiger partial charge < -0.3 is 10.1 Å². The summed E-state index contributed by atoms with van der Waals surface area (Å²) in [6.07, 6.45) is 1.07.